The summed E-state index contributed by atoms with van der Waals surface area (Å²) in [7, 11) is 0. The minimum Gasteiger partial charge on any atom is -0.121 e. The molecule has 0 bridgehead atoms. The molecule has 2 heteroatoms. The highest BCUT2D eigenvalue weighted by atomic mass is 15.4. The first kappa shape index (κ1) is 30.7. The van der Waals surface area contributed by atoms with Crippen molar-refractivity contribution in [2.45, 2.75) is 25.3 Å². The Balaban J connectivity index is 1.20. The molecule has 0 atom stereocenters. The first-order valence-electron chi connectivity index (χ1n) is 19.6. The van der Waals surface area contributed by atoms with Gasteiger partial charge in [-0.2, -0.15) is 0 Å². The summed E-state index contributed by atoms with van der Waals surface area (Å²) < 4.78 is 4.73. The van der Waals surface area contributed by atoms with E-state index in [0.717, 1.165) is 13.0 Å². The van der Waals surface area contributed by atoms with Crippen LogP contribution in [0.4, 0.5) is 0 Å². The first-order valence-corrected chi connectivity index (χ1v) is 19.6. The van der Waals surface area contributed by atoms with Crippen LogP contribution in [0.5, 0.6) is 0 Å². The standard InChI is InChI=1S/C53H37N2/c1-2-31-54-33-35-15-3-14-26-49(35)55(54)36-29-27-34(28-30-36)45-32-48-50(42-21-7-5-18-39(42)45)51-43-22-8-4-16-37(43)38-17-6-9-23-44(38)52(51)53(48)46-24-12-10-19-40(46)41-20-11-13-25-47(41)53/h3-30,32-33H,2,31H2,1H3/q+1. The summed E-state index contributed by atoms with van der Waals surface area (Å²) in [6.45, 7) is 3.20. The number of rotatable bonds is 4. The third-order valence-electron chi connectivity index (χ3n) is 12.5. The molecule has 0 aliphatic heterocycles. The third kappa shape index (κ3) is 3.96. The van der Waals surface area contributed by atoms with Crippen LogP contribution in [0, 0.1) is 0 Å². The summed E-state index contributed by atoms with van der Waals surface area (Å²) in [4.78, 5) is 0. The molecule has 0 saturated heterocycles. The molecule has 2 aliphatic rings. The van der Waals surface area contributed by atoms with Gasteiger partial charge >= 0.3 is 0 Å². The van der Waals surface area contributed by atoms with Crippen molar-refractivity contribution < 1.29 is 4.68 Å². The second-order valence-electron chi connectivity index (χ2n) is 15.3. The summed E-state index contributed by atoms with van der Waals surface area (Å²) >= 11 is 0. The highest BCUT2D eigenvalue weighted by Gasteiger charge is 2.53. The van der Waals surface area contributed by atoms with Crippen molar-refractivity contribution in [1.82, 2.24) is 4.68 Å². The lowest BCUT2D eigenvalue weighted by Crippen LogP contribution is -2.41. The van der Waals surface area contributed by atoms with Crippen LogP contribution in [0.1, 0.15) is 35.6 Å². The van der Waals surface area contributed by atoms with Crippen molar-refractivity contribution in [1.29, 1.82) is 0 Å². The van der Waals surface area contributed by atoms with Crippen LogP contribution in [0.25, 0.3) is 82.3 Å². The summed E-state index contributed by atoms with van der Waals surface area (Å²) in [5.74, 6) is 0. The van der Waals surface area contributed by atoms with Crippen LogP contribution < -0.4 is 4.68 Å². The van der Waals surface area contributed by atoms with Crippen LogP contribution in [-0.4, -0.2) is 4.68 Å². The van der Waals surface area contributed by atoms with Gasteiger partial charge in [-0.15, -0.1) is 9.36 Å². The fraction of sp³-hybridized carbons (Fsp3) is 0.0755. The Hall–Kier alpha value is -6.77. The number of para-hydroxylation sites is 1. The summed E-state index contributed by atoms with van der Waals surface area (Å²) in [6.07, 6.45) is 3.35. The van der Waals surface area contributed by atoms with Gasteiger partial charge in [-0.25, -0.2) is 0 Å². The Morgan fingerprint density at radius 2 is 1.02 bits per heavy atom. The Morgan fingerprint density at radius 1 is 0.473 bits per heavy atom. The van der Waals surface area contributed by atoms with Gasteiger partial charge in [0, 0.05) is 6.42 Å². The molecule has 2 nitrogen and oxygen atoms in total. The molecule has 258 valence electrons. The van der Waals surface area contributed by atoms with E-state index in [9.17, 15) is 0 Å². The molecule has 2 aliphatic carbocycles. The van der Waals surface area contributed by atoms with E-state index in [1.165, 1.54) is 105 Å². The topological polar surface area (TPSA) is 8.81 Å². The van der Waals surface area contributed by atoms with Crippen molar-refractivity contribution in [3.8, 4) is 39.1 Å². The largest absolute Gasteiger partial charge is 0.203 e. The third-order valence-corrected chi connectivity index (χ3v) is 12.5. The fourth-order valence-electron chi connectivity index (χ4n) is 10.5. The van der Waals surface area contributed by atoms with Crippen LogP contribution in [0.3, 0.4) is 0 Å². The van der Waals surface area contributed by atoms with Crippen LogP contribution in [0.2, 0.25) is 0 Å². The Kier molecular flexibility index (Phi) is 6.34. The SMILES string of the molecule is CCC[n+]1cc2ccccc2n1-c1ccc(-c2cc3c(c4ccccc24)-c2c(c4ccccc4c4ccccc24)C32c3ccccc3-c3ccccc32)cc1. The van der Waals surface area contributed by atoms with Gasteiger partial charge in [0.05, 0.1) is 10.8 Å². The molecular formula is C53H37N2+. The Bertz CT molecular complexity index is 3170. The molecule has 10 aromatic rings. The molecule has 0 N–H and O–H groups in total. The molecule has 9 aromatic carbocycles. The molecule has 12 rings (SSSR count). The number of aryl methyl sites for hydroxylation is 1. The van der Waals surface area contributed by atoms with Crippen LogP contribution in [-0.2, 0) is 12.0 Å². The van der Waals surface area contributed by atoms with E-state index < -0.39 is 5.41 Å². The van der Waals surface area contributed by atoms with Crippen molar-refractivity contribution in [2.75, 3.05) is 0 Å². The predicted octanol–water partition coefficient (Wildman–Crippen LogP) is 12.8. The summed E-state index contributed by atoms with van der Waals surface area (Å²) in [5, 5.41) is 9.10. The first-order chi connectivity index (χ1) is 27.3. The fourth-order valence-corrected chi connectivity index (χ4v) is 10.5. The monoisotopic (exact) mass is 701 g/mol. The minimum atomic E-state index is -0.490. The van der Waals surface area contributed by atoms with Crippen molar-refractivity contribution >= 4 is 43.2 Å². The summed E-state index contributed by atoms with van der Waals surface area (Å²) in [6, 6.07) is 66.2. The Morgan fingerprint density at radius 3 is 1.71 bits per heavy atom. The van der Waals surface area contributed by atoms with E-state index in [2.05, 4.69) is 198 Å². The van der Waals surface area contributed by atoms with Gasteiger partial charge in [-0.3, -0.25) is 0 Å². The molecule has 55 heavy (non-hydrogen) atoms. The molecule has 1 spiro atoms. The summed E-state index contributed by atoms with van der Waals surface area (Å²) in [5.41, 5.74) is 15.3. The maximum absolute atomic E-state index is 2.57. The second-order valence-corrected chi connectivity index (χ2v) is 15.3. The lowest BCUT2D eigenvalue weighted by Gasteiger charge is -2.32. The van der Waals surface area contributed by atoms with Gasteiger partial charge in [0.25, 0.3) is 0 Å². The van der Waals surface area contributed by atoms with E-state index in [4.69, 9.17) is 0 Å². The maximum atomic E-state index is 2.57. The lowest BCUT2D eigenvalue weighted by molar-refractivity contribution is -0.764. The number of hydrogen-bond acceptors (Lipinski definition) is 0. The quantitative estimate of drug-likeness (QED) is 0.128. The molecule has 0 unspecified atom stereocenters. The van der Waals surface area contributed by atoms with Gasteiger partial charge < -0.3 is 0 Å². The maximum Gasteiger partial charge on any atom is 0.203 e. The Labute approximate surface area is 320 Å². The molecule has 1 heterocycles. The zero-order valence-corrected chi connectivity index (χ0v) is 30.6. The van der Waals surface area contributed by atoms with Gasteiger partial charge in [-0.1, -0.05) is 153 Å². The van der Waals surface area contributed by atoms with Gasteiger partial charge in [0.1, 0.15) is 11.2 Å². The average Bonchev–Trinajstić information content (AvgIpc) is 3.88. The van der Waals surface area contributed by atoms with Crippen LogP contribution >= 0.6 is 0 Å². The molecule has 0 amide bonds. The zero-order valence-electron chi connectivity index (χ0n) is 30.6. The highest BCUT2D eigenvalue weighted by Crippen LogP contribution is 2.66. The average molecular weight is 702 g/mol. The molecule has 0 saturated carbocycles. The lowest BCUT2D eigenvalue weighted by atomic mass is 9.68. The number of hydrogen-bond donors (Lipinski definition) is 0. The number of nitrogens with zero attached hydrogens (tertiary/aromatic N) is 2. The van der Waals surface area contributed by atoms with Crippen molar-refractivity contribution in [3.63, 3.8) is 0 Å². The van der Waals surface area contributed by atoms with E-state index in [-0.39, 0.29) is 0 Å². The molecule has 0 fully saturated rings. The molecule has 1 aromatic heterocycles. The number of aromatic nitrogens is 2. The smallest absolute Gasteiger partial charge is 0.121 e. The van der Waals surface area contributed by atoms with Crippen molar-refractivity contribution in [2.24, 2.45) is 0 Å². The van der Waals surface area contributed by atoms with Gasteiger partial charge in [0.2, 0.25) is 6.20 Å². The minimum absolute atomic E-state index is 0.490. The number of fused-ring (bicyclic) bond motifs is 18. The van der Waals surface area contributed by atoms with Crippen LogP contribution in [0.15, 0.2) is 182 Å². The van der Waals surface area contributed by atoms with Gasteiger partial charge in [0.15, 0.2) is 6.54 Å². The van der Waals surface area contributed by atoms with Crippen molar-refractivity contribution in [3.05, 3.63) is 204 Å². The van der Waals surface area contributed by atoms with E-state index in [0.29, 0.717) is 0 Å². The highest BCUT2D eigenvalue weighted by molar-refractivity contribution is 6.24. The van der Waals surface area contributed by atoms with E-state index in [1.807, 2.05) is 0 Å². The second kappa shape index (κ2) is 11.4. The normalized spacial score (nSPS) is 13.5. The number of benzene rings is 9. The predicted molar refractivity (Wildman–Crippen MR) is 228 cm³/mol. The van der Waals surface area contributed by atoms with Gasteiger partial charge in [-0.05, 0) is 118 Å². The molecule has 0 radical (unpaired) electrons. The zero-order chi connectivity index (χ0) is 36.3. The van der Waals surface area contributed by atoms with E-state index in [1.54, 1.807) is 0 Å². The van der Waals surface area contributed by atoms with E-state index >= 15 is 0 Å². The molecular weight excluding hydrogens is 665 g/mol.